The largest absolute Gasteiger partial charge is 0.487 e. The molecule has 2 aromatic carbocycles. The molecule has 1 unspecified atom stereocenters. The van der Waals surface area contributed by atoms with Crippen molar-refractivity contribution in [1.29, 1.82) is 0 Å². The molecular formula is C25H31F2NO4. The number of halogens is 2. The van der Waals surface area contributed by atoms with Gasteiger partial charge in [0, 0.05) is 25.7 Å². The van der Waals surface area contributed by atoms with Crippen molar-refractivity contribution >= 4 is 0 Å². The molecule has 0 spiro atoms. The highest BCUT2D eigenvalue weighted by atomic mass is 19.1. The van der Waals surface area contributed by atoms with Gasteiger partial charge in [-0.05, 0) is 49.3 Å². The molecule has 1 saturated heterocycles. The summed E-state index contributed by atoms with van der Waals surface area (Å²) in [6, 6.07) is 13.5. The van der Waals surface area contributed by atoms with Crippen LogP contribution in [0.3, 0.4) is 0 Å². The van der Waals surface area contributed by atoms with Crippen molar-refractivity contribution in [2.75, 3.05) is 39.5 Å². The molecule has 5 nitrogen and oxygen atoms in total. The second-order valence-corrected chi connectivity index (χ2v) is 9.26. The normalized spacial score (nSPS) is 29.4. The Morgan fingerprint density at radius 2 is 1.78 bits per heavy atom. The predicted octanol–water partition coefficient (Wildman–Crippen LogP) is 3.50. The van der Waals surface area contributed by atoms with E-state index in [2.05, 4.69) is 12.1 Å². The third kappa shape index (κ3) is 5.84. The standard InChI is InChI=1S/C25H31F2NO4/c26-21-6-7-23(22(27)14-21)32-18-25(30)16-28(12-13-31-17-25)15-24(29)10-8-20(9-11-24)19-4-2-1-3-5-19/h1-7,14,20,29-30H,8-13,15-18H2. The summed E-state index contributed by atoms with van der Waals surface area (Å²) in [5.41, 5.74) is -0.868. The summed E-state index contributed by atoms with van der Waals surface area (Å²) in [6.45, 7) is 1.53. The molecule has 2 N–H and O–H groups in total. The number of hydrogen-bond acceptors (Lipinski definition) is 5. The third-order valence-electron chi connectivity index (χ3n) is 6.54. The maximum Gasteiger partial charge on any atom is 0.167 e. The van der Waals surface area contributed by atoms with Gasteiger partial charge in [0.05, 0.1) is 18.8 Å². The van der Waals surface area contributed by atoms with E-state index in [-0.39, 0.29) is 25.5 Å². The Labute approximate surface area is 187 Å². The van der Waals surface area contributed by atoms with Crippen LogP contribution >= 0.6 is 0 Å². The maximum atomic E-state index is 13.9. The minimum Gasteiger partial charge on any atom is -0.487 e. The Kier molecular flexibility index (Phi) is 7.10. The van der Waals surface area contributed by atoms with Gasteiger partial charge in [-0.3, -0.25) is 4.90 Å². The molecular weight excluding hydrogens is 416 g/mol. The van der Waals surface area contributed by atoms with E-state index in [1.54, 1.807) is 0 Å². The van der Waals surface area contributed by atoms with Crippen LogP contribution in [0, 0.1) is 11.6 Å². The molecule has 0 radical (unpaired) electrons. The van der Waals surface area contributed by atoms with Gasteiger partial charge in [0.1, 0.15) is 18.0 Å². The molecule has 1 heterocycles. The highest BCUT2D eigenvalue weighted by Gasteiger charge is 2.39. The number of ether oxygens (including phenoxy) is 2. The zero-order chi connectivity index (χ0) is 22.6. The predicted molar refractivity (Wildman–Crippen MR) is 117 cm³/mol. The molecule has 7 heteroatoms. The Morgan fingerprint density at radius 3 is 2.50 bits per heavy atom. The van der Waals surface area contributed by atoms with Gasteiger partial charge in [-0.25, -0.2) is 8.78 Å². The topological polar surface area (TPSA) is 62.2 Å². The van der Waals surface area contributed by atoms with Crippen LogP contribution in [0.4, 0.5) is 8.78 Å². The second kappa shape index (κ2) is 9.83. The van der Waals surface area contributed by atoms with Gasteiger partial charge in [0.15, 0.2) is 11.6 Å². The lowest BCUT2D eigenvalue weighted by molar-refractivity contribution is -0.0770. The SMILES string of the molecule is OC1(CN2CCOCC(O)(COc3ccc(F)cc3F)C2)CCC(c2ccccc2)CC1. The van der Waals surface area contributed by atoms with E-state index in [1.807, 2.05) is 23.1 Å². The molecule has 174 valence electrons. The summed E-state index contributed by atoms with van der Waals surface area (Å²) in [7, 11) is 0. The summed E-state index contributed by atoms with van der Waals surface area (Å²) >= 11 is 0. The van der Waals surface area contributed by atoms with Crippen LogP contribution in [0.1, 0.15) is 37.2 Å². The number of rotatable bonds is 6. The van der Waals surface area contributed by atoms with E-state index in [4.69, 9.17) is 9.47 Å². The van der Waals surface area contributed by atoms with Crippen molar-refractivity contribution in [2.45, 2.75) is 42.8 Å². The quantitative estimate of drug-likeness (QED) is 0.710. The Morgan fingerprint density at radius 1 is 1.03 bits per heavy atom. The molecule has 4 rings (SSSR count). The Hall–Kier alpha value is -2.06. The van der Waals surface area contributed by atoms with Crippen LogP contribution in [-0.2, 0) is 4.74 Å². The molecule has 2 aliphatic rings. The second-order valence-electron chi connectivity index (χ2n) is 9.26. The van der Waals surface area contributed by atoms with Gasteiger partial charge in [-0.2, -0.15) is 0 Å². The van der Waals surface area contributed by atoms with Crippen molar-refractivity contribution < 1.29 is 28.5 Å². The van der Waals surface area contributed by atoms with E-state index in [0.29, 0.717) is 38.5 Å². The fraction of sp³-hybridized carbons (Fsp3) is 0.520. The summed E-state index contributed by atoms with van der Waals surface area (Å²) in [5, 5.41) is 22.3. The Balaban J connectivity index is 1.34. The minimum atomic E-state index is -1.37. The van der Waals surface area contributed by atoms with E-state index in [9.17, 15) is 19.0 Å². The zero-order valence-electron chi connectivity index (χ0n) is 18.2. The highest BCUT2D eigenvalue weighted by Crippen LogP contribution is 2.38. The van der Waals surface area contributed by atoms with Gasteiger partial charge in [-0.15, -0.1) is 0 Å². The first-order valence-electron chi connectivity index (χ1n) is 11.2. The highest BCUT2D eigenvalue weighted by molar-refractivity contribution is 5.25. The summed E-state index contributed by atoms with van der Waals surface area (Å²) in [4.78, 5) is 2.00. The van der Waals surface area contributed by atoms with Gasteiger partial charge < -0.3 is 19.7 Å². The summed E-state index contributed by atoms with van der Waals surface area (Å²) in [5.74, 6) is -1.16. The summed E-state index contributed by atoms with van der Waals surface area (Å²) < 4.78 is 38.0. The molecule has 0 bridgehead atoms. The van der Waals surface area contributed by atoms with E-state index < -0.39 is 22.8 Å². The number of aliphatic hydroxyl groups is 2. The first-order valence-corrected chi connectivity index (χ1v) is 11.2. The van der Waals surface area contributed by atoms with Crippen LogP contribution in [0.15, 0.2) is 48.5 Å². The van der Waals surface area contributed by atoms with E-state index in [0.717, 1.165) is 25.0 Å². The van der Waals surface area contributed by atoms with Crippen LogP contribution < -0.4 is 4.74 Å². The zero-order valence-corrected chi connectivity index (χ0v) is 18.2. The van der Waals surface area contributed by atoms with Gasteiger partial charge in [0.2, 0.25) is 0 Å². The third-order valence-corrected chi connectivity index (χ3v) is 6.54. The summed E-state index contributed by atoms with van der Waals surface area (Å²) in [6.07, 6.45) is 3.23. The molecule has 0 aromatic heterocycles. The maximum absolute atomic E-state index is 13.9. The molecule has 0 amide bonds. The number of nitrogens with zero attached hydrogens (tertiary/aromatic N) is 1. The average Bonchev–Trinajstić information content (AvgIpc) is 2.95. The fourth-order valence-corrected chi connectivity index (χ4v) is 4.81. The Bertz CT molecular complexity index is 889. The number of benzene rings is 2. The van der Waals surface area contributed by atoms with Crippen molar-refractivity contribution in [2.24, 2.45) is 0 Å². The number of hydrogen-bond donors (Lipinski definition) is 2. The van der Waals surface area contributed by atoms with Crippen LogP contribution in [0.25, 0.3) is 0 Å². The monoisotopic (exact) mass is 447 g/mol. The van der Waals surface area contributed by atoms with Crippen molar-refractivity contribution in [3.8, 4) is 5.75 Å². The van der Waals surface area contributed by atoms with Crippen molar-refractivity contribution in [3.63, 3.8) is 0 Å². The van der Waals surface area contributed by atoms with Crippen molar-refractivity contribution in [1.82, 2.24) is 4.90 Å². The minimum absolute atomic E-state index is 0.0425. The van der Waals surface area contributed by atoms with Crippen LogP contribution in [-0.4, -0.2) is 65.8 Å². The first kappa shape index (κ1) is 23.1. The molecule has 32 heavy (non-hydrogen) atoms. The first-order chi connectivity index (χ1) is 15.3. The lowest BCUT2D eigenvalue weighted by atomic mass is 9.76. The molecule has 1 aliphatic carbocycles. The van der Waals surface area contributed by atoms with E-state index >= 15 is 0 Å². The molecule has 1 atom stereocenters. The van der Waals surface area contributed by atoms with Gasteiger partial charge >= 0.3 is 0 Å². The lowest BCUT2D eigenvalue weighted by Crippen LogP contribution is -2.53. The average molecular weight is 448 g/mol. The fourth-order valence-electron chi connectivity index (χ4n) is 4.81. The van der Waals surface area contributed by atoms with Gasteiger partial charge in [-0.1, -0.05) is 30.3 Å². The van der Waals surface area contributed by atoms with Crippen molar-refractivity contribution in [3.05, 3.63) is 65.7 Å². The van der Waals surface area contributed by atoms with Crippen LogP contribution in [0.2, 0.25) is 0 Å². The molecule has 2 fully saturated rings. The molecule has 2 aromatic rings. The van der Waals surface area contributed by atoms with Crippen LogP contribution in [0.5, 0.6) is 5.75 Å². The molecule has 1 saturated carbocycles. The van der Waals surface area contributed by atoms with E-state index in [1.165, 1.54) is 11.6 Å². The number of β-amino-alcohol motifs (C(OH)–C–C–N with tert-alkyl or cyclic N) is 2. The van der Waals surface area contributed by atoms with Gasteiger partial charge in [0.25, 0.3) is 0 Å². The lowest BCUT2D eigenvalue weighted by Gasteiger charge is -2.40. The molecule has 1 aliphatic heterocycles. The smallest absolute Gasteiger partial charge is 0.167 e.